The molecule has 0 unspecified atom stereocenters. The molecule has 0 radical (unpaired) electrons. The number of hydrogen-bond donors (Lipinski definition) is 1. The molecule has 1 aromatic rings. The first-order valence-corrected chi connectivity index (χ1v) is 3.34. The summed E-state index contributed by atoms with van der Waals surface area (Å²) in [7, 11) is 0. The van der Waals surface area contributed by atoms with Crippen molar-refractivity contribution in [3.05, 3.63) is 22.4 Å². The van der Waals surface area contributed by atoms with Gasteiger partial charge in [0, 0.05) is 6.20 Å². The second-order valence-corrected chi connectivity index (χ2v) is 2.50. The minimum atomic E-state index is 0.458. The summed E-state index contributed by atoms with van der Waals surface area (Å²) < 4.78 is 0.616. The molecule has 4 heteroatoms. The molecule has 10 heavy (non-hydrogen) atoms. The van der Waals surface area contributed by atoms with Gasteiger partial charge in [0.15, 0.2) is 0 Å². The van der Waals surface area contributed by atoms with Gasteiger partial charge in [-0.15, -0.1) is 0 Å². The van der Waals surface area contributed by atoms with Crippen molar-refractivity contribution in [2.75, 3.05) is 5.73 Å². The highest BCUT2D eigenvalue weighted by Crippen LogP contribution is 2.20. The minimum absolute atomic E-state index is 0.458. The monoisotopic (exact) mass is 197 g/mol. The van der Waals surface area contributed by atoms with Crippen LogP contribution in [0.4, 0.5) is 5.69 Å². The predicted molar refractivity (Wildman–Crippen MR) is 41.1 cm³/mol. The van der Waals surface area contributed by atoms with E-state index in [-0.39, 0.29) is 0 Å². The Labute approximate surface area is 66.6 Å². The van der Waals surface area contributed by atoms with Gasteiger partial charge in [0.25, 0.3) is 0 Å². The molecule has 2 N–H and O–H groups in total. The van der Waals surface area contributed by atoms with Gasteiger partial charge in [-0.3, -0.25) is 4.98 Å². The first-order chi connectivity index (χ1) is 4.75. The number of pyridine rings is 1. The van der Waals surface area contributed by atoms with Crippen LogP contribution in [0.5, 0.6) is 0 Å². The fourth-order valence-corrected chi connectivity index (χ4v) is 0.832. The molecule has 0 aliphatic rings. The highest BCUT2D eigenvalue weighted by atomic mass is 79.9. The Morgan fingerprint density at radius 2 is 2.30 bits per heavy atom. The zero-order valence-electron chi connectivity index (χ0n) is 5.00. The van der Waals surface area contributed by atoms with E-state index in [4.69, 9.17) is 11.0 Å². The van der Waals surface area contributed by atoms with Gasteiger partial charge in [-0.2, -0.15) is 5.26 Å². The third kappa shape index (κ3) is 1.09. The SMILES string of the molecule is N#Cc1cncc(N)c1Br. The Balaban J connectivity index is 3.31. The van der Waals surface area contributed by atoms with Gasteiger partial charge in [0.05, 0.1) is 21.9 Å². The molecule has 0 amide bonds. The van der Waals surface area contributed by atoms with Crippen LogP contribution in [0.15, 0.2) is 16.9 Å². The smallest absolute Gasteiger partial charge is 0.102 e. The summed E-state index contributed by atoms with van der Waals surface area (Å²) in [6.07, 6.45) is 2.95. The summed E-state index contributed by atoms with van der Waals surface area (Å²) in [6.45, 7) is 0. The number of nitrogen functional groups attached to an aromatic ring is 1. The number of hydrogen-bond acceptors (Lipinski definition) is 3. The lowest BCUT2D eigenvalue weighted by Gasteiger charge is -1.95. The van der Waals surface area contributed by atoms with Crippen LogP contribution in [0.25, 0.3) is 0 Å². The lowest BCUT2D eigenvalue weighted by molar-refractivity contribution is 1.29. The Morgan fingerprint density at radius 1 is 1.60 bits per heavy atom. The average molecular weight is 198 g/mol. The van der Waals surface area contributed by atoms with Crippen LogP contribution >= 0.6 is 15.9 Å². The summed E-state index contributed by atoms with van der Waals surface area (Å²) in [5, 5.41) is 8.47. The number of nitrogens with two attached hydrogens (primary N) is 1. The van der Waals surface area contributed by atoms with E-state index in [1.807, 2.05) is 6.07 Å². The van der Waals surface area contributed by atoms with Gasteiger partial charge < -0.3 is 5.73 Å². The van der Waals surface area contributed by atoms with Gasteiger partial charge in [-0.25, -0.2) is 0 Å². The quantitative estimate of drug-likeness (QED) is 0.683. The largest absolute Gasteiger partial charge is 0.397 e. The minimum Gasteiger partial charge on any atom is -0.397 e. The molecule has 0 spiro atoms. The molecule has 0 saturated carbocycles. The van der Waals surface area contributed by atoms with Crippen LogP contribution in [0.1, 0.15) is 5.56 Å². The first kappa shape index (κ1) is 7.03. The van der Waals surface area contributed by atoms with Crippen molar-refractivity contribution in [2.45, 2.75) is 0 Å². The second-order valence-electron chi connectivity index (χ2n) is 1.70. The van der Waals surface area contributed by atoms with Crippen molar-refractivity contribution in [1.82, 2.24) is 4.98 Å². The molecule has 0 saturated heterocycles. The number of anilines is 1. The van der Waals surface area contributed by atoms with Crippen LogP contribution in [-0.2, 0) is 0 Å². The molecule has 3 nitrogen and oxygen atoms in total. The van der Waals surface area contributed by atoms with E-state index >= 15 is 0 Å². The van der Waals surface area contributed by atoms with E-state index in [2.05, 4.69) is 20.9 Å². The summed E-state index contributed by atoms with van der Waals surface area (Å²) in [6, 6.07) is 1.95. The van der Waals surface area contributed by atoms with Gasteiger partial charge in [0.1, 0.15) is 6.07 Å². The topological polar surface area (TPSA) is 62.7 Å². The standard InChI is InChI=1S/C6H4BrN3/c7-6-4(1-8)2-10-3-5(6)9/h2-3H,9H2. The Morgan fingerprint density at radius 3 is 2.80 bits per heavy atom. The van der Waals surface area contributed by atoms with Crippen LogP contribution < -0.4 is 5.73 Å². The van der Waals surface area contributed by atoms with Crippen molar-refractivity contribution in [3.63, 3.8) is 0 Å². The summed E-state index contributed by atoms with van der Waals surface area (Å²) in [4.78, 5) is 3.74. The van der Waals surface area contributed by atoms with Crippen molar-refractivity contribution >= 4 is 21.6 Å². The van der Waals surface area contributed by atoms with E-state index in [0.29, 0.717) is 15.7 Å². The molecule has 50 valence electrons. The van der Waals surface area contributed by atoms with E-state index in [1.165, 1.54) is 12.4 Å². The van der Waals surface area contributed by atoms with Crippen LogP contribution in [0.2, 0.25) is 0 Å². The van der Waals surface area contributed by atoms with E-state index in [9.17, 15) is 0 Å². The maximum Gasteiger partial charge on any atom is 0.102 e. The van der Waals surface area contributed by atoms with Crippen LogP contribution in [0, 0.1) is 11.3 Å². The lowest BCUT2D eigenvalue weighted by Crippen LogP contribution is -1.90. The molecule has 0 aromatic carbocycles. The maximum absolute atomic E-state index is 8.47. The van der Waals surface area contributed by atoms with Gasteiger partial charge in [0.2, 0.25) is 0 Å². The zero-order valence-corrected chi connectivity index (χ0v) is 6.59. The predicted octanol–water partition coefficient (Wildman–Crippen LogP) is 1.30. The lowest BCUT2D eigenvalue weighted by atomic mass is 10.3. The molecule has 0 bridgehead atoms. The number of rotatable bonds is 0. The first-order valence-electron chi connectivity index (χ1n) is 2.55. The normalized spacial score (nSPS) is 8.80. The number of nitrogens with zero attached hydrogens (tertiary/aromatic N) is 2. The van der Waals surface area contributed by atoms with Crippen LogP contribution in [0.3, 0.4) is 0 Å². The molecule has 1 heterocycles. The number of aromatic nitrogens is 1. The molecular weight excluding hydrogens is 194 g/mol. The van der Waals surface area contributed by atoms with E-state index in [1.54, 1.807) is 0 Å². The third-order valence-electron chi connectivity index (χ3n) is 1.03. The summed E-state index contributed by atoms with van der Waals surface area (Å²) >= 11 is 3.15. The zero-order chi connectivity index (χ0) is 7.56. The summed E-state index contributed by atoms with van der Waals surface area (Å²) in [5.41, 5.74) is 6.38. The molecule has 0 atom stereocenters. The highest BCUT2D eigenvalue weighted by Gasteiger charge is 2.00. The average Bonchev–Trinajstić information content (AvgIpc) is 1.95. The van der Waals surface area contributed by atoms with Crippen molar-refractivity contribution < 1.29 is 0 Å². The van der Waals surface area contributed by atoms with Gasteiger partial charge >= 0.3 is 0 Å². The molecule has 1 aromatic heterocycles. The second kappa shape index (κ2) is 2.67. The molecule has 0 aliphatic heterocycles. The van der Waals surface area contributed by atoms with E-state index in [0.717, 1.165) is 0 Å². The number of halogens is 1. The maximum atomic E-state index is 8.47. The highest BCUT2D eigenvalue weighted by molar-refractivity contribution is 9.10. The van der Waals surface area contributed by atoms with Gasteiger partial charge in [-0.05, 0) is 15.9 Å². The van der Waals surface area contributed by atoms with Crippen molar-refractivity contribution in [3.8, 4) is 6.07 Å². The van der Waals surface area contributed by atoms with Crippen LogP contribution in [-0.4, -0.2) is 4.98 Å². The Bertz CT molecular complexity index is 290. The fourth-order valence-electron chi connectivity index (χ4n) is 0.539. The van der Waals surface area contributed by atoms with Crippen molar-refractivity contribution in [1.29, 1.82) is 5.26 Å². The van der Waals surface area contributed by atoms with Crippen molar-refractivity contribution in [2.24, 2.45) is 0 Å². The molecule has 0 fully saturated rings. The van der Waals surface area contributed by atoms with E-state index < -0.39 is 0 Å². The molecular formula is C6H4BrN3. The fraction of sp³-hybridized carbons (Fsp3) is 0. The van der Waals surface area contributed by atoms with Gasteiger partial charge in [-0.1, -0.05) is 0 Å². The third-order valence-corrected chi connectivity index (χ3v) is 1.91. The molecule has 1 rings (SSSR count). The summed E-state index contributed by atoms with van der Waals surface area (Å²) in [5.74, 6) is 0. The Hall–Kier alpha value is -1.08. The molecule has 0 aliphatic carbocycles. The number of nitriles is 1. The Kier molecular flexibility index (Phi) is 1.88.